The highest BCUT2D eigenvalue weighted by Crippen LogP contribution is 2.22. The molecule has 1 aromatic heterocycles. The van der Waals surface area contributed by atoms with Gasteiger partial charge in [0.05, 0.1) is 6.04 Å². The Morgan fingerprint density at radius 3 is 2.81 bits per heavy atom. The van der Waals surface area contributed by atoms with Crippen molar-refractivity contribution in [1.29, 1.82) is 0 Å². The number of nitrogens with one attached hydrogen (secondary N) is 1. The zero-order valence-electron chi connectivity index (χ0n) is 10.1. The molecule has 1 N–H and O–H groups in total. The Kier molecular flexibility index (Phi) is 3.25. The van der Waals surface area contributed by atoms with Gasteiger partial charge in [0.15, 0.2) is 5.58 Å². The van der Waals surface area contributed by atoms with Crippen LogP contribution in [0, 0.1) is 0 Å². The summed E-state index contributed by atoms with van der Waals surface area (Å²) < 4.78 is 5.74. The summed E-state index contributed by atoms with van der Waals surface area (Å²) in [6.45, 7) is 4.26. The highest BCUT2D eigenvalue weighted by molar-refractivity contribution is 5.73. The van der Waals surface area contributed by atoms with Gasteiger partial charge in [-0.05, 0) is 37.6 Å². The second kappa shape index (κ2) is 4.66. The molecule has 1 heterocycles. The monoisotopic (exact) mass is 218 g/mol. The van der Waals surface area contributed by atoms with Gasteiger partial charge in [-0.1, -0.05) is 19.9 Å². The Morgan fingerprint density at radius 2 is 2.19 bits per heavy atom. The average molecular weight is 218 g/mol. The Balaban J connectivity index is 2.43. The van der Waals surface area contributed by atoms with Crippen LogP contribution in [0.1, 0.15) is 37.8 Å². The van der Waals surface area contributed by atoms with Crippen LogP contribution in [0.25, 0.3) is 11.1 Å². The molecule has 1 aromatic carbocycles. The number of oxazole rings is 1. The number of benzene rings is 1. The predicted molar refractivity (Wildman–Crippen MR) is 65.5 cm³/mol. The van der Waals surface area contributed by atoms with Crippen LogP contribution < -0.4 is 5.32 Å². The Bertz CT molecular complexity index is 472. The molecule has 16 heavy (non-hydrogen) atoms. The van der Waals surface area contributed by atoms with Gasteiger partial charge in [-0.25, -0.2) is 4.98 Å². The lowest BCUT2D eigenvalue weighted by atomic mass is 10.1. The molecular weight excluding hydrogens is 200 g/mol. The molecule has 3 heteroatoms. The quantitative estimate of drug-likeness (QED) is 0.857. The zero-order valence-corrected chi connectivity index (χ0v) is 10.1. The molecule has 0 amide bonds. The molecule has 1 unspecified atom stereocenters. The van der Waals surface area contributed by atoms with E-state index in [-0.39, 0.29) is 6.04 Å². The first-order chi connectivity index (χ1) is 7.78. The van der Waals surface area contributed by atoms with E-state index in [0.29, 0.717) is 0 Å². The van der Waals surface area contributed by atoms with Crippen LogP contribution in [0.5, 0.6) is 0 Å². The maximum absolute atomic E-state index is 5.74. The minimum Gasteiger partial charge on any atom is -0.439 e. The molecule has 0 aliphatic rings. The van der Waals surface area contributed by atoms with Crippen LogP contribution in [0.15, 0.2) is 22.6 Å². The number of hydrogen-bond donors (Lipinski definition) is 1. The van der Waals surface area contributed by atoms with Crippen molar-refractivity contribution in [2.24, 2.45) is 0 Å². The van der Waals surface area contributed by atoms with Crippen LogP contribution in [0.4, 0.5) is 0 Å². The summed E-state index contributed by atoms with van der Waals surface area (Å²) in [6, 6.07) is 6.41. The summed E-state index contributed by atoms with van der Waals surface area (Å²) in [5.41, 5.74) is 3.13. The Hall–Kier alpha value is -1.35. The smallest absolute Gasteiger partial charge is 0.212 e. The molecule has 3 nitrogen and oxygen atoms in total. The van der Waals surface area contributed by atoms with Gasteiger partial charge in [0.2, 0.25) is 5.89 Å². The van der Waals surface area contributed by atoms with Gasteiger partial charge >= 0.3 is 0 Å². The van der Waals surface area contributed by atoms with Crippen molar-refractivity contribution in [2.75, 3.05) is 7.05 Å². The van der Waals surface area contributed by atoms with E-state index in [0.717, 1.165) is 29.8 Å². The van der Waals surface area contributed by atoms with Crippen LogP contribution in [0.2, 0.25) is 0 Å². The van der Waals surface area contributed by atoms with Gasteiger partial charge in [0, 0.05) is 0 Å². The maximum Gasteiger partial charge on any atom is 0.212 e. The molecule has 0 saturated heterocycles. The summed E-state index contributed by atoms with van der Waals surface area (Å²) in [6.07, 6.45) is 2.01. The molecule has 2 aromatic rings. The third-order valence-corrected chi connectivity index (χ3v) is 2.93. The number of nitrogens with zero attached hydrogens (tertiary/aromatic N) is 1. The normalized spacial score (nSPS) is 13.2. The standard InChI is InChI=1S/C13H18N2O/c1-4-9-6-7-12-11(8-9)15-13(16-12)10(5-2)14-3/h6-8,10,14H,4-5H2,1-3H3. The minimum atomic E-state index is 0.206. The van der Waals surface area contributed by atoms with Crippen molar-refractivity contribution in [3.05, 3.63) is 29.7 Å². The number of rotatable bonds is 4. The number of fused-ring (bicyclic) bond motifs is 1. The van der Waals surface area contributed by atoms with Crippen LogP contribution >= 0.6 is 0 Å². The number of aryl methyl sites for hydroxylation is 1. The van der Waals surface area contributed by atoms with Crippen molar-refractivity contribution in [2.45, 2.75) is 32.7 Å². The third-order valence-electron chi connectivity index (χ3n) is 2.93. The largest absolute Gasteiger partial charge is 0.439 e. The highest BCUT2D eigenvalue weighted by atomic mass is 16.3. The molecular formula is C13H18N2O. The first-order valence-electron chi connectivity index (χ1n) is 5.85. The first-order valence-corrected chi connectivity index (χ1v) is 5.85. The molecule has 0 saturated carbocycles. The van der Waals surface area contributed by atoms with Crippen LogP contribution in [-0.4, -0.2) is 12.0 Å². The van der Waals surface area contributed by atoms with Crippen LogP contribution in [0.3, 0.4) is 0 Å². The fourth-order valence-corrected chi connectivity index (χ4v) is 1.86. The van der Waals surface area contributed by atoms with E-state index in [1.54, 1.807) is 0 Å². The van der Waals surface area contributed by atoms with E-state index in [1.165, 1.54) is 5.56 Å². The molecule has 0 spiro atoms. The summed E-state index contributed by atoms with van der Waals surface area (Å²) in [4.78, 5) is 4.53. The maximum atomic E-state index is 5.74. The fraction of sp³-hybridized carbons (Fsp3) is 0.462. The second-order valence-corrected chi connectivity index (χ2v) is 3.96. The lowest BCUT2D eigenvalue weighted by Crippen LogP contribution is -2.15. The second-order valence-electron chi connectivity index (χ2n) is 3.96. The molecule has 2 rings (SSSR count). The minimum absolute atomic E-state index is 0.206. The lowest BCUT2D eigenvalue weighted by molar-refractivity contribution is 0.427. The SMILES string of the molecule is CCc1ccc2oc(C(CC)NC)nc2c1. The first kappa shape index (κ1) is 11.1. The molecule has 0 bridgehead atoms. The number of hydrogen-bond acceptors (Lipinski definition) is 3. The molecule has 86 valence electrons. The summed E-state index contributed by atoms with van der Waals surface area (Å²) in [5.74, 6) is 0.785. The van der Waals surface area contributed by atoms with Crippen LogP contribution in [-0.2, 0) is 6.42 Å². The van der Waals surface area contributed by atoms with Crippen molar-refractivity contribution < 1.29 is 4.42 Å². The summed E-state index contributed by atoms with van der Waals surface area (Å²) in [5, 5.41) is 3.20. The van der Waals surface area contributed by atoms with Gasteiger partial charge in [-0.15, -0.1) is 0 Å². The van der Waals surface area contributed by atoms with Gasteiger partial charge in [-0.3, -0.25) is 0 Å². The van der Waals surface area contributed by atoms with E-state index in [1.807, 2.05) is 13.1 Å². The van der Waals surface area contributed by atoms with E-state index < -0.39 is 0 Å². The third kappa shape index (κ3) is 1.95. The van der Waals surface area contributed by atoms with Crippen molar-refractivity contribution in [3.8, 4) is 0 Å². The van der Waals surface area contributed by atoms with Gasteiger partial charge in [0.25, 0.3) is 0 Å². The Labute approximate surface area is 95.9 Å². The van der Waals surface area contributed by atoms with E-state index >= 15 is 0 Å². The summed E-state index contributed by atoms with van der Waals surface area (Å²) in [7, 11) is 1.93. The van der Waals surface area contributed by atoms with Crippen molar-refractivity contribution in [1.82, 2.24) is 10.3 Å². The molecule has 0 aliphatic carbocycles. The highest BCUT2D eigenvalue weighted by Gasteiger charge is 2.14. The van der Waals surface area contributed by atoms with Crippen molar-refractivity contribution in [3.63, 3.8) is 0 Å². The van der Waals surface area contributed by atoms with E-state index in [9.17, 15) is 0 Å². The molecule has 0 fully saturated rings. The topological polar surface area (TPSA) is 38.1 Å². The summed E-state index contributed by atoms with van der Waals surface area (Å²) >= 11 is 0. The van der Waals surface area contributed by atoms with Gasteiger partial charge in [-0.2, -0.15) is 0 Å². The predicted octanol–water partition coefficient (Wildman–Crippen LogP) is 3.06. The van der Waals surface area contributed by atoms with E-state index in [4.69, 9.17) is 4.42 Å². The average Bonchev–Trinajstić information content (AvgIpc) is 2.72. The zero-order chi connectivity index (χ0) is 11.5. The number of aromatic nitrogens is 1. The fourth-order valence-electron chi connectivity index (χ4n) is 1.86. The van der Waals surface area contributed by atoms with Gasteiger partial charge < -0.3 is 9.73 Å². The molecule has 0 radical (unpaired) electrons. The molecule has 0 aliphatic heterocycles. The van der Waals surface area contributed by atoms with Gasteiger partial charge in [0.1, 0.15) is 5.52 Å². The lowest BCUT2D eigenvalue weighted by Gasteiger charge is -2.07. The van der Waals surface area contributed by atoms with E-state index in [2.05, 4.69) is 36.3 Å². The Morgan fingerprint density at radius 1 is 1.38 bits per heavy atom. The molecule has 1 atom stereocenters. The van der Waals surface area contributed by atoms with Crippen molar-refractivity contribution >= 4 is 11.1 Å².